The molecule has 0 fully saturated rings. The van der Waals surface area contributed by atoms with Crippen molar-refractivity contribution >= 4 is 26.8 Å². The van der Waals surface area contributed by atoms with Gasteiger partial charge in [0.25, 0.3) is 0 Å². The molecule has 0 aromatic carbocycles. The predicted molar refractivity (Wildman–Crippen MR) is 55.8 cm³/mol. The van der Waals surface area contributed by atoms with E-state index in [1.54, 1.807) is 21.3 Å². The normalized spacial score (nSPS) is 11.4. The van der Waals surface area contributed by atoms with Crippen LogP contribution in [0.3, 0.4) is 0 Å². The lowest BCUT2D eigenvalue weighted by Crippen LogP contribution is -2.43. The molecule has 0 amide bonds. The first-order valence-electron chi connectivity index (χ1n) is 4.05. The molecular weight excluding hydrogens is 224 g/mol. The molecule has 0 bridgehead atoms. The molecule has 0 rings (SSSR count). The predicted octanol–water partition coefficient (Wildman–Crippen LogP) is 1.08. The minimum Gasteiger partial charge on any atom is -0.392 e. The van der Waals surface area contributed by atoms with Gasteiger partial charge in [-0.3, -0.25) is 4.79 Å². The van der Waals surface area contributed by atoms with Crippen molar-refractivity contribution in [3.05, 3.63) is 0 Å². The van der Waals surface area contributed by atoms with Gasteiger partial charge in [-0.25, -0.2) is 0 Å². The Balaban J connectivity index is 3.77. The first kappa shape index (κ1) is 13.9. The highest BCUT2D eigenvalue weighted by Gasteiger charge is 2.37. The summed E-state index contributed by atoms with van der Waals surface area (Å²) >= 11 is 1.08. The van der Waals surface area contributed by atoms with Gasteiger partial charge in [-0.2, -0.15) is 0 Å². The van der Waals surface area contributed by atoms with Crippen LogP contribution in [0.15, 0.2) is 0 Å². The molecule has 0 saturated heterocycles. The molecule has 0 radical (unpaired) electrons. The van der Waals surface area contributed by atoms with Crippen LogP contribution in [0.25, 0.3) is 0 Å². The Morgan fingerprint density at radius 3 is 2.07 bits per heavy atom. The van der Waals surface area contributed by atoms with E-state index in [0.29, 0.717) is 11.8 Å². The van der Waals surface area contributed by atoms with Crippen molar-refractivity contribution in [3.8, 4) is 0 Å². The molecule has 0 N–H and O–H groups in total. The highest BCUT2D eigenvalue weighted by Crippen LogP contribution is 2.16. The van der Waals surface area contributed by atoms with E-state index in [1.165, 1.54) is 6.92 Å². The van der Waals surface area contributed by atoms with E-state index in [1.807, 2.05) is 0 Å². The summed E-state index contributed by atoms with van der Waals surface area (Å²) in [6, 6.07) is 0.606. The third kappa shape index (κ3) is 4.96. The maximum Gasteiger partial charge on any atom is 0.501 e. The van der Waals surface area contributed by atoms with Crippen molar-refractivity contribution in [1.82, 2.24) is 0 Å². The fourth-order valence-electron chi connectivity index (χ4n) is 0.848. The zero-order chi connectivity index (χ0) is 11.0. The minimum absolute atomic E-state index is 0.311. The van der Waals surface area contributed by atoms with Gasteiger partial charge in [-0.1, -0.05) is 0 Å². The lowest BCUT2D eigenvalue weighted by Gasteiger charge is -2.23. The molecule has 0 spiro atoms. The first-order chi connectivity index (χ1) is 6.60. The van der Waals surface area contributed by atoms with Crippen LogP contribution in [-0.4, -0.2) is 41.9 Å². The zero-order valence-corrected chi connectivity index (χ0v) is 10.7. The van der Waals surface area contributed by atoms with Crippen molar-refractivity contribution in [2.45, 2.75) is 13.0 Å². The summed E-state index contributed by atoms with van der Waals surface area (Å²) in [6.07, 6.45) is 0. The summed E-state index contributed by atoms with van der Waals surface area (Å²) in [5.41, 5.74) is 0. The summed E-state index contributed by atoms with van der Waals surface area (Å²) in [5, 5.41) is 0. The smallest absolute Gasteiger partial charge is 0.392 e. The van der Waals surface area contributed by atoms with E-state index >= 15 is 0 Å². The van der Waals surface area contributed by atoms with Crippen LogP contribution < -0.4 is 0 Å². The molecule has 14 heavy (non-hydrogen) atoms. The van der Waals surface area contributed by atoms with Gasteiger partial charge in [0.05, 0.1) is 12.0 Å². The summed E-state index contributed by atoms with van der Waals surface area (Å²) < 4.78 is 20.3. The molecule has 0 heterocycles. The SMILES string of the molecule is CO[Si](CCSOC(C)=O)(OC)OC. The second-order valence-electron chi connectivity index (χ2n) is 2.44. The Morgan fingerprint density at radius 2 is 1.71 bits per heavy atom. The van der Waals surface area contributed by atoms with Crippen LogP contribution in [0.2, 0.25) is 6.04 Å². The Kier molecular flexibility index (Phi) is 7.20. The molecule has 0 aromatic rings. The van der Waals surface area contributed by atoms with Crippen molar-refractivity contribution in [2.75, 3.05) is 27.1 Å². The van der Waals surface area contributed by atoms with E-state index in [0.717, 1.165) is 12.0 Å². The molecular formula is C7H16O5SSi. The fraction of sp³-hybridized carbons (Fsp3) is 0.857. The van der Waals surface area contributed by atoms with Crippen molar-refractivity contribution in [1.29, 1.82) is 0 Å². The van der Waals surface area contributed by atoms with Gasteiger partial charge in [0.15, 0.2) is 0 Å². The maximum absolute atomic E-state index is 10.5. The van der Waals surface area contributed by atoms with Gasteiger partial charge >= 0.3 is 14.8 Å². The second-order valence-corrected chi connectivity index (χ2v) is 6.34. The average Bonchev–Trinajstić information content (AvgIpc) is 2.19. The number of hydrogen-bond acceptors (Lipinski definition) is 6. The molecule has 0 aromatic heterocycles. The van der Waals surface area contributed by atoms with Crippen LogP contribution in [0.5, 0.6) is 0 Å². The van der Waals surface area contributed by atoms with Crippen LogP contribution in [0, 0.1) is 0 Å². The van der Waals surface area contributed by atoms with E-state index in [2.05, 4.69) is 0 Å². The first-order valence-corrected chi connectivity index (χ1v) is 6.90. The molecule has 0 aliphatic heterocycles. The lowest BCUT2D eigenvalue weighted by atomic mass is 10.9. The van der Waals surface area contributed by atoms with Gasteiger partial charge in [0.1, 0.15) is 0 Å². The highest BCUT2D eigenvalue weighted by molar-refractivity contribution is 7.95. The minimum atomic E-state index is -2.50. The third-order valence-corrected chi connectivity index (χ3v) is 5.41. The maximum atomic E-state index is 10.5. The van der Waals surface area contributed by atoms with E-state index in [9.17, 15) is 4.79 Å². The molecule has 0 saturated carbocycles. The highest BCUT2D eigenvalue weighted by atomic mass is 32.2. The molecule has 5 nitrogen and oxygen atoms in total. The van der Waals surface area contributed by atoms with Crippen LogP contribution in [0.1, 0.15) is 6.92 Å². The lowest BCUT2D eigenvalue weighted by molar-refractivity contribution is -0.130. The number of carbonyl (C=O) groups is 1. The van der Waals surface area contributed by atoms with Crippen LogP contribution >= 0.6 is 12.0 Å². The van der Waals surface area contributed by atoms with Crippen molar-refractivity contribution in [3.63, 3.8) is 0 Å². The Labute approximate surface area is 89.6 Å². The van der Waals surface area contributed by atoms with Gasteiger partial charge < -0.3 is 17.5 Å². The number of rotatable bonds is 7. The number of carbonyl (C=O) groups excluding carboxylic acids is 1. The second kappa shape index (κ2) is 7.24. The Morgan fingerprint density at radius 1 is 1.21 bits per heavy atom. The van der Waals surface area contributed by atoms with Crippen molar-refractivity contribution in [2.24, 2.45) is 0 Å². The van der Waals surface area contributed by atoms with Gasteiger partial charge in [0.2, 0.25) is 0 Å². The summed E-state index contributed by atoms with van der Waals surface area (Å²) in [5.74, 6) is 0.288. The van der Waals surface area contributed by atoms with Crippen molar-refractivity contribution < 1.29 is 22.3 Å². The summed E-state index contributed by atoms with van der Waals surface area (Å²) in [4.78, 5) is 10.5. The molecule has 0 atom stereocenters. The van der Waals surface area contributed by atoms with Gasteiger partial charge in [0, 0.05) is 40.1 Å². The fourth-order valence-corrected chi connectivity index (χ4v) is 3.54. The monoisotopic (exact) mass is 240 g/mol. The third-order valence-electron chi connectivity index (χ3n) is 1.60. The molecule has 0 aliphatic rings. The van der Waals surface area contributed by atoms with E-state index in [-0.39, 0.29) is 5.97 Å². The number of hydrogen-bond donors (Lipinski definition) is 0. The zero-order valence-electron chi connectivity index (χ0n) is 8.86. The standard InChI is InChI=1S/C7H16O5SSi/c1-7(8)12-13-5-6-14(9-2,10-3)11-4/h5-6H2,1-4H3. The Hall–Kier alpha value is -0.0831. The summed E-state index contributed by atoms with van der Waals surface area (Å²) in [7, 11) is 2.15. The molecule has 0 unspecified atom stereocenters. The van der Waals surface area contributed by atoms with Gasteiger partial charge in [-0.05, 0) is 0 Å². The topological polar surface area (TPSA) is 54.0 Å². The van der Waals surface area contributed by atoms with E-state index < -0.39 is 8.80 Å². The molecule has 84 valence electrons. The van der Waals surface area contributed by atoms with E-state index in [4.69, 9.17) is 17.5 Å². The van der Waals surface area contributed by atoms with Crippen LogP contribution in [0.4, 0.5) is 0 Å². The molecule has 7 heteroatoms. The van der Waals surface area contributed by atoms with Gasteiger partial charge in [-0.15, -0.1) is 0 Å². The molecule has 0 aliphatic carbocycles. The summed E-state index contributed by atoms with van der Waals surface area (Å²) in [6.45, 7) is 1.36. The Bertz CT molecular complexity index is 165. The average molecular weight is 240 g/mol. The largest absolute Gasteiger partial charge is 0.501 e. The quantitative estimate of drug-likeness (QED) is 0.377. The van der Waals surface area contributed by atoms with Crippen LogP contribution in [-0.2, 0) is 22.3 Å².